The minimum Gasteiger partial charge on any atom is -0.508 e. The summed E-state index contributed by atoms with van der Waals surface area (Å²) in [6.07, 6.45) is 1.24. The molecule has 2 amide bonds. The largest absolute Gasteiger partial charge is 0.508 e. The third kappa shape index (κ3) is 5.59. The first-order valence-electron chi connectivity index (χ1n) is 11.5. The lowest BCUT2D eigenvalue weighted by Gasteiger charge is -2.26. The van der Waals surface area contributed by atoms with Crippen molar-refractivity contribution in [2.75, 3.05) is 19.7 Å². The van der Waals surface area contributed by atoms with Crippen LogP contribution < -0.4 is 10.1 Å². The Hall–Kier alpha value is -3.22. The van der Waals surface area contributed by atoms with E-state index in [0.29, 0.717) is 37.6 Å². The quantitative estimate of drug-likeness (QED) is 0.716. The molecule has 2 aliphatic rings. The standard InChI is InChI=1S/C26H32N2O5/c1-26(2,3)33-25(31)28-12-10-19(22(11-13-28)17-4-7-20(29)8-5-17)16-32-21-9-6-18-15-27-24(30)23(18)14-21/h4-9,14,19,22,29H,10-13,15-16H2,1-3H3,(H,27,30)/t19-,22-/m0/s1. The highest BCUT2D eigenvalue weighted by Gasteiger charge is 2.32. The van der Waals surface area contributed by atoms with Crippen molar-refractivity contribution < 1.29 is 24.2 Å². The Morgan fingerprint density at radius 2 is 1.85 bits per heavy atom. The number of fused-ring (bicyclic) bond motifs is 1. The first-order chi connectivity index (χ1) is 15.7. The van der Waals surface area contributed by atoms with E-state index in [1.54, 1.807) is 23.1 Å². The summed E-state index contributed by atoms with van der Waals surface area (Å²) in [7, 11) is 0. The summed E-state index contributed by atoms with van der Waals surface area (Å²) in [6.45, 7) is 7.81. The number of carbonyl (C=O) groups excluding carboxylic acids is 2. The van der Waals surface area contributed by atoms with Crippen molar-refractivity contribution in [3.8, 4) is 11.5 Å². The van der Waals surface area contributed by atoms with Crippen LogP contribution in [-0.2, 0) is 11.3 Å². The Morgan fingerprint density at radius 1 is 1.12 bits per heavy atom. The Morgan fingerprint density at radius 3 is 2.58 bits per heavy atom. The third-order valence-corrected chi connectivity index (χ3v) is 6.25. The van der Waals surface area contributed by atoms with Gasteiger partial charge in [0.05, 0.1) is 6.61 Å². The normalized spacial score (nSPS) is 20.6. The number of likely N-dealkylation sites (tertiary alicyclic amines) is 1. The van der Waals surface area contributed by atoms with Crippen molar-refractivity contribution in [1.29, 1.82) is 0 Å². The Kier molecular flexibility index (Phi) is 6.49. The SMILES string of the molecule is CC(C)(C)OC(=O)N1CC[C@@H](COc2ccc3c(c2)C(=O)NC3)[C@H](c2ccc(O)cc2)CC1. The molecular weight excluding hydrogens is 420 g/mol. The number of rotatable bonds is 4. The molecule has 0 spiro atoms. The number of nitrogens with zero attached hydrogens (tertiary/aromatic N) is 1. The van der Waals surface area contributed by atoms with Gasteiger partial charge >= 0.3 is 6.09 Å². The molecule has 0 bridgehead atoms. The number of aromatic hydroxyl groups is 1. The number of phenolic OH excluding ortho intramolecular Hbond substituents is 1. The molecule has 7 nitrogen and oxygen atoms in total. The van der Waals surface area contributed by atoms with Crippen LogP contribution in [0.1, 0.15) is 61.0 Å². The average molecular weight is 453 g/mol. The summed E-state index contributed by atoms with van der Waals surface area (Å²) >= 11 is 0. The van der Waals surface area contributed by atoms with Gasteiger partial charge < -0.3 is 24.8 Å². The van der Waals surface area contributed by atoms with Crippen LogP contribution >= 0.6 is 0 Å². The van der Waals surface area contributed by atoms with Gasteiger partial charge in [0.25, 0.3) is 5.91 Å². The van der Waals surface area contributed by atoms with Gasteiger partial charge in [0, 0.05) is 31.1 Å². The van der Waals surface area contributed by atoms with Gasteiger partial charge in [-0.3, -0.25) is 4.79 Å². The molecule has 4 rings (SSSR count). The van der Waals surface area contributed by atoms with E-state index >= 15 is 0 Å². The number of benzene rings is 2. The van der Waals surface area contributed by atoms with Crippen LogP contribution in [0.25, 0.3) is 0 Å². The van der Waals surface area contributed by atoms with Gasteiger partial charge in [-0.2, -0.15) is 0 Å². The van der Waals surface area contributed by atoms with Crippen LogP contribution in [0.15, 0.2) is 42.5 Å². The van der Waals surface area contributed by atoms with Crippen LogP contribution in [0.5, 0.6) is 11.5 Å². The van der Waals surface area contributed by atoms with Gasteiger partial charge in [-0.1, -0.05) is 18.2 Å². The van der Waals surface area contributed by atoms with Gasteiger partial charge in [-0.05, 0) is 74.9 Å². The van der Waals surface area contributed by atoms with E-state index in [2.05, 4.69) is 5.32 Å². The summed E-state index contributed by atoms with van der Waals surface area (Å²) < 4.78 is 11.8. The summed E-state index contributed by atoms with van der Waals surface area (Å²) in [5, 5.41) is 12.5. The van der Waals surface area contributed by atoms with Gasteiger partial charge in [0.15, 0.2) is 0 Å². The number of amides is 2. The van der Waals surface area contributed by atoms with Gasteiger partial charge in [0.1, 0.15) is 17.1 Å². The number of hydrogen-bond donors (Lipinski definition) is 2. The molecule has 0 unspecified atom stereocenters. The molecule has 33 heavy (non-hydrogen) atoms. The van der Waals surface area contributed by atoms with Crippen LogP contribution in [0.3, 0.4) is 0 Å². The lowest BCUT2D eigenvalue weighted by molar-refractivity contribution is 0.0253. The maximum atomic E-state index is 12.7. The molecule has 2 aromatic carbocycles. The van der Waals surface area contributed by atoms with Crippen molar-refractivity contribution in [3.63, 3.8) is 0 Å². The molecule has 2 N–H and O–H groups in total. The highest BCUT2D eigenvalue weighted by Crippen LogP contribution is 2.35. The Balaban J connectivity index is 1.50. The maximum absolute atomic E-state index is 12.7. The summed E-state index contributed by atoms with van der Waals surface area (Å²) in [4.78, 5) is 26.5. The second-order valence-electron chi connectivity index (χ2n) is 9.82. The van der Waals surface area contributed by atoms with E-state index in [1.165, 1.54) is 0 Å². The van der Waals surface area contributed by atoms with Gasteiger partial charge in [0.2, 0.25) is 0 Å². The second kappa shape index (κ2) is 9.33. The van der Waals surface area contributed by atoms with Gasteiger partial charge in [-0.25, -0.2) is 4.79 Å². The van der Waals surface area contributed by atoms with Crippen molar-refractivity contribution in [2.24, 2.45) is 5.92 Å². The Bertz CT molecular complexity index is 1010. The van der Waals surface area contributed by atoms with E-state index < -0.39 is 5.60 Å². The molecule has 7 heteroatoms. The molecule has 0 saturated carbocycles. The fourth-order valence-electron chi connectivity index (χ4n) is 4.52. The van der Waals surface area contributed by atoms with Crippen molar-refractivity contribution in [3.05, 3.63) is 59.2 Å². The minimum absolute atomic E-state index is 0.0695. The number of carbonyl (C=O) groups is 2. The first-order valence-corrected chi connectivity index (χ1v) is 11.5. The van der Waals surface area contributed by atoms with Crippen LogP contribution in [0.2, 0.25) is 0 Å². The average Bonchev–Trinajstić information content (AvgIpc) is 2.99. The smallest absolute Gasteiger partial charge is 0.410 e. The lowest BCUT2D eigenvalue weighted by atomic mass is 9.83. The predicted molar refractivity (Wildman–Crippen MR) is 124 cm³/mol. The summed E-state index contributed by atoms with van der Waals surface area (Å²) in [5.74, 6) is 1.15. The first kappa shape index (κ1) is 23.0. The third-order valence-electron chi connectivity index (χ3n) is 6.25. The molecule has 0 aromatic heterocycles. The van der Waals surface area contributed by atoms with Gasteiger partial charge in [-0.15, -0.1) is 0 Å². The van der Waals surface area contributed by atoms with Crippen LogP contribution in [-0.4, -0.2) is 47.3 Å². The number of hydrogen-bond acceptors (Lipinski definition) is 5. The van der Waals surface area contributed by atoms with Crippen LogP contribution in [0.4, 0.5) is 4.79 Å². The molecular formula is C26H32N2O5. The lowest BCUT2D eigenvalue weighted by Crippen LogP contribution is -2.37. The Labute approximate surface area is 194 Å². The zero-order valence-corrected chi connectivity index (χ0v) is 19.5. The number of ether oxygens (including phenoxy) is 2. The minimum atomic E-state index is -0.540. The molecule has 1 fully saturated rings. The highest BCUT2D eigenvalue weighted by molar-refractivity contribution is 5.98. The zero-order valence-electron chi connectivity index (χ0n) is 19.5. The number of phenols is 1. The monoisotopic (exact) mass is 452 g/mol. The van der Waals surface area contributed by atoms with E-state index in [0.717, 1.165) is 24.0 Å². The summed E-state index contributed by atoms with van der Waals surface area (Å²) in [5.41, 5.74) is 2.22. The summed E-state index contributed by atoms with van der Waals surface area (Å²) in [6, 6.07) is 12.9. The van der Waals surface area contributed by atoms with E-state index in [-0.39, 0.29) is 29.6 Å². The molecule has 2 heterocycles. The maximum Gasteiger partial charge on any atom is 0.410 e. The second-order valence-corrected chi connectivity index (χ2v) is 9.82. The molecule has 176 valence electrons. The highest BCUT2D eigenvalue weighted by atomic mass is 16.6. The van der Waals surface area contributed by atoms with Crippen molar-refractivity contribution in [2.45, 2.75) is 51.7 Å². The van der Waals surface area contributed by atoms with Crippen molar-refractivity contribution >= 4 is 12.0 Å². The molecule has 0 radical (unpaired) electrons. The zero-order chi connectivity index (χ0) is 23.6. The van der Waals surface area contributed by atoms with Crippen LogP contribution in [0, 0.1) is 5.92 Å². The fraction of sp³-hybridized carbons (Fsp3) is 0.462. The van der Waals surface area contributed by atoms with E-state index in [4.69, 9.17) is 9.47 Å². The molecule has 2 aromatic rings. The van der Waals surface area contributed by atoms with E-state index in [9.17, 15) is 14.7 Å². The molecule has 1 saturated heterocycles. The topological polar surface area (TPSA) is 88.1 Å². The molecule has 2 atom stereocenters. The van der Waals surface area contributed by atoms with Crippen molar-refractivity contribution in [1.82, 2.24) is 10.2 Å². The fourth-order valence-corrected chi connectivity index (χ4v) is 4.52. The van der Waals surface area contributed by atoms with E-state index in [1.807, 2.05) is 45.0 Å². The number of nitrogens with one attached hydrogen (secondary N) is 1. The molecule has 2 aliphatic heterocycles. The predicted octanol–water partition coefficient (Wildman–Crippen LogP) is 4.45. The molecule has 0 aliphatic carbocycles.